The van der Waals surface area contributed by atoms with Crippen LogP contribution in [0.1, 0.15) is 18.5 Å². The molecular weight excluding hydrogens is 290 g/mol. The van der Waals surface area contributed by atoms with E-state index >= 15 is 0 Å². The van der Waals surface area contributed by atoms with E-state index in [1.807, 2.05) is 20.0 Å². The van der Waals surface area contributed by atoms with Gasteiger partial charge in [0, 0.05) is 27.2 Å². The summed E-state index contributed by atoms with van der Waals surface area (Å²) in [5.41, 5.74) is 0.880. The van der Waals surface area contributed by atoms with Gasteiger partial charge in [-0.15, -0.1) is 0 Å². The molecule has 0 aliphatic carbocycles. The van der Waals surface area contributed by atoms with Crippen molar-refractivity contribution in [2.75, 3.05) is 34.7 Å². The van der Waals surface area contributed by atoms with E-state index in [2.05, 4.69) is 5.32 Å². The van der Waals surface area contributed by atoms with Crippen molar-refractivity contribution in [3.05, 3.63) is 29.8 Å². The SMILES string of the molecule is CNC(C)c1cccc(S(=O)(=O)N(C)CC(=O)N(C)C)c1. The maximum Gasteiger partial charge on any atom is 0.243 e. The van der Waals surface area contributed by atoms with Crippen molar-refractivity contribution in [2.45, 2.75) is 17.9 Å². The van der Waals surface area contributed by atoms with Crippen LogP contribution in [0.3, 0.4) is 0 Å². The molecule has 0 radical (unpaired) electrons. The number of amides is 1. The van der Waals surface area contributed by atoms with Crippen molar-refractivity contribution in [1.29, 1.82) is 0 Å². The van der Waals surface area contributed by atoms with Gasteiger partial charge in [0.05, 0.1) is 11.4 Å². The lowest BCUT2D eigenvalue weighted by atomic mass is 10.1. The molecule has 6 nitrogen and oxygen atoms in total. The predicted octanol–water partition coefficient (Wildman–Crippen LogP) is 0.676. The Labute approximate surface area is 126 Å². The molecule has 0 aromatic heterocycles. The molecule has 0 spiro atoms. The van der Waals surface area contributed by atoms with Crippen molar-refractivity contribution >= 4 is 15.9 Å². The Bertz CT molecular complexity index is 599. The Morgan fingerprint density at radius 3 is 2.43 bits per heavy atom. The number of carbonyl (C=O) groups is 1. The molecule has 1 amide bonds. The molecule has 1 atom stereocenters. The second-order valence-corrected chi connectivity index (χ2v) is 7.18. The monoisotopic (exact) mass is 313 g/mol. The van der Waals surface area contributed by atoms with Gasteiger partial charge in [-0.2, -0.15) is 4.31 Å². The average Bonchev–Trinajstić information content (AvgIpc) is 2.46. The summed E-state index contributed by atoms with van der Waals surface area (Å²) in [5, 5.41) is 3.07. The van der Waals surface area contributed by atoms with Gasteiger partial charge in [-0.3, -0.25) is 4.79 Å². The lowest BCUT2D eigenvalue weighted by Crippen LogP contribution is -2.37. The van der Waals surface area contributed by atoms with E-state index < -0.39 is 10.0 Å². The largest absolute Gasteiger partial charge is 0.348 e. The first-order chi connectivity index (χ1) is 9.70. The first kappa shape index (κ1) is 17.6. The average molecular weight is 313 g/mol. The van der Waals surface area contributed by atoms with E-state index in [0.717, 1.165) is 9.87 Å². The van der Waals surface area contributed by atoms with E-state index in [-0.39, 0.29) is 23.4 Å². The third-order valence-corrected chi connectivity index (χ3v) is 5.16. The smallest absolute Gasteiger partial charge is 0.243 e. The number of nitrogens with zero attached hydrogens (tertiary/aromatic N) is 2. The highest BCUT2D eigenvalue weighted by Crippen LogP contribution is 2.19. The van der Waals surface area contributed by atoms with Crippen LogP contribution in [0.25, 0.3) is 0 Å². The standard InChI is InChI=1S/C14H23N3O3S/c1-11(15-2)12-7-6-8-13(9-12)21(19,20)17(5)10-14(18)16(3)4/h6-9,11,15H,10H2,1-5H3. The second kappa shape index (κ2) is 7.02. The fourth-order valence-corrected chi connectivity index (χ4v) is 2.88. The van der Waals surface area contributed by atoms with Crippen LogP contribution in [0.2, 0.25) is 0 Å². The minimum Gasteiger partial charge on any atom is -0.348 e. The van der Waals surface area contributed by atoms with Crippen LogP contribution in [0.5, 0.6) is 0 Å². The van der Waals surface area contributed by atoms with E-state index in [1.165, 1.54) is 18.0 Å². The predicted molar refractivity (Wildman–Crippen MR) is 82.4 cm³/mol. The first-order valence-electron chi connectivity index (χ1n) is 6.64. The van der Waals surface area contributed by atoms with Gasteiger partial charge in [-0.25, -0.2) is 8.42 Å². The Hall–Kier alpha value is -1.44. The number of nitrogens with one attached hydrogen (secondary N) is 1. The molecule has 0 aliphatic rings. The highest BCUT2D eigenvalue weighted by atomic mass is 32.2. The van der Waals surface area contributed by atoms with Crippen LogP contribution in [-0.4, -0.2) is 58.3 Å². The Balaban J connectivity index is 3.05. The molecule has 7 heteroatoms. The highest BCUT2D eigenvalue weighted by Gasteiger charge is 2.24. The van der Waals surface area contributed by atoms with Crippen LogP contribution in [0, 0.1) is 0 Å². The molecule has 1 aromatic carbocycles. The molecule has 0 saturated carbocycles. The number of benzene rings is 1. The Morgan fingerprint density at radius 2 is 1.90 bits per heavy atom. The molecule has 1 N–H and O–H groups in total. The van der Waals surface area contributed by atoms with Gasteiger partial charge in [-0.1, -0.05) is 12.1 Å². The van der Waals surface area contributed by atoms with Crippen molar-refractivity contribution < 1.29 is 13.2 Å². The maximum absolute atomic E-state index is 12.5. The summed E-state index contributed by atoms with van der Waals surface area (Å²) in [7, 11) is 2.74. The fourth-order valence-electron chi connectivity index (χ4n) is 1.71. The molecule has 21 heavy (non-hydrogen) atoms. The number of hydrogen-bond donors (Lipinski definition) is 1. The van der Waals surface area contributed by atoms with Gasteiger partial charge in [-0.05, 0) is 31.7 Å². The molecular formula is C14H23N3O3S. The third kappa shape index (κ3) is 4.26. The summed E-state index contributed by atoms with van der Waals surface area (Å²) in [5.74, 6) is -0.263. The van der Waals surface area contributed by atoms with E-state index in [1.54, 1.807) is 26.2 Å². The number of rotatable bonds is 6. The maximum atomic E-state index is 12.5. The summed E-state index contributed by atoms with van der Waals surface area (Å²) >= 11 is 0. The Morgan fingerprint density at radius 1 is 1.29 bits per heavy atom. The zero-order valence-corrected chi connectivity index (χ0v) is 13.9. The molecule has 0 saturated heterocycles. The van der Waals surface area contributed by atoms with Crippen molar-refractivity contribution in [1.82, 2.24) is 14.5 Å². The molecule has 0 heterocycles. The Kier molecular flexibility index (Phi) is 5.88. The zero-order valence-electron chi connectivity index (χ0n) is 13.1. The van der Waals surface area contributed by atoms with Gasteiger partial charge in [0.2, 0.25) is 15.9 Å². The number of carbonyl (C=O) groups excluding carboxylic acids is 1. The van der Waals surface area contributed by atoms with Gasteiger partial charge in [0.25, 0.3) is 0 Å². The molecule has 0 aliphatic heterocycles. The number of likely N-dealkylation sites (N-methyl/N-ethyl adjacent to an activating group) is 2. The molecule has 0 bridgehead atoms. The first-order valence-corrected chi connectivity index (χ1v) is 8.08. The van der Waals surface area contributed by atoms with Crippen LogP contribution < -0.4 is 5.32 Å². The summed E-state index contributed by atoms with van der Waals surface area (Å²) < 4.78 is 26.0. The summed E-state index contributed by atoms with van der Waals surface area (Å²) in [6, 6.07) is 6.79. The number of hydrogen-bond acceptors (Lipinski definition) is 4. The normalized spacial score (nSPS) is 13.2. The summed E-state index contributed by atoms with van der Waals surface area (Å²) in [6.07, 6.45) is 0. The van der Waals surface area contributed by atoms with E-state index in [9.17, 15) is 13.2 Å². The summed E-state index contributed by atoms with van der Waals surface area (Å²) in [4.78, 5) is 13.2. The third-order valence-electron chi connectivity index (χ3n) is 3.36. The van der Waals surface area contributed by atoms with Crippen molar-refractivity contribution in [3.63, 3.8) is 0 Å². The van der Waals surface area contributed by atoms with Gasteiger partial charge in [0.15, 0.2) is 0 Å². The molecule has 1 aromatic rings. The highest BCUT2D eigenvalue weighted by molar-refractivity contribution is 7.89. The topological polar surface area (TPSA) is 69.7 Å². The van der Waals surface area contributed by atoms with Crippen LogP contribution in [0.4, 0.5) is 0 Å². The molecule has 1 unspecified atom stereocenters. The van der Waals surface area contributed by atoms with Crippen molar-refractivity contribution in [3.8, 4) is 0 Å². The lowest BCUT2D eigenvalue weighted by molar-refractivity contribution is -0.128. The number of sulfonamides is 1. The van der Waals surface area contributed by atoms with Crippen molar-refractivity contribution in [2.24, 2.45) is 0 Å². The van der Waals surface area contributed by atoms with E-state index in [4.69, 9.17) is 0 Å². The lowest BCUT2D eigenvalue weighted by Gasteiger charge is -2.20. The summed E-state index contributed by atoms with van der Waals surface area (Å²) in [6.45, 7) is 1.77. The molecule has 118 valence electrons. The fraction of sp³-hybridized carbons (Fsp3) is 0.500. The zero-order chi connectivity index (χ0) is 16.2. The van der Waals surface area contributed by atoms with Gasteiger partial charge >= 0.3 is 0 Å². The van der Waals surface area contributed by atoms with Gasteiger partial charge in [0.1, 0.15) is 0 Å². The van der Waals surface area contributed by atoms with Crippen LogP contribution in [-0.2, 0) is 14.8 Å². The minimum absolute atomic E-state index is 0.0499. The van der Waals surface area contributed by atoms with Crippen LogP contribution in [0.15, 0.2) is 29.2 Å². The molecule has 1 rings (SSSR count). The van der Waals surface area contributed by atoms with E-state index in [0.29, 0.717) is 0 Å². The quantitative estimate of drug-likeness (QED) is 0.838. The molecule has 0 fully saturated rings. The second-order valence-electron chi connectivity index (χ2n) is 5.13. The van der Waals surface area contributed by atoms with Gasteiger partial charge < -0.3 is 10.2 Å². The van der Waals surface area contributed by atoms with Crippen LogP contribution >= 0.6 is 0 Å². The minimum atomic E-state index is -3.67.